The van der Waals surface area contributed by atoms with Crippen molar-refractivity contribution >= 4 is 0 Å². The van der Waals surface area contributed by atoms with Crippen molar-refractivity contribution in [2.45, 2.75) is 55.6 Å². The lowest BCUT2D eigenvalue weighted by molar-refractivity contribution is -0.124. The van der Waals surface area contributed by atoms with Gasteiger partial charge in [-0.2, -0.15) is 0 Å². The number of piperidine rings is 1. The van der Waals surface area contributed by atoms with Crippen LogP contribution in [0.5, 0.6) is 5.75 Å². The molecule has 2 N–H and O–H groups in total. The molecule has 3 atom stereocenters. The highest BCUT2D eigenvalue weighted by Crippen LogP contribution is 2.56. The van der Waals surface area contributed by atoms with Gasteiger partial charge in [0.2, 0.25) is 0 Å². The second kappa shape index (κ2) is 4.22. The number of nitrogens with one attached hydrogen (secondary N) is 1. The predicted octanol–water partition coefficient (Wildman–Crippen LogP) is 2.16. The Kier molecular flexibility index (Phi) is 2.67. The molecule has 2 bridgehead atoms. The fourth-order valence-corrected chi connectivity index (χ4v) is 5.02. The van der Waals surface area contributed by atoms with Gasteiger partial charge in [-0.3, -0.25) is 0 Å². The van der Waals surface area contributed by atoms with Crippen molar-refractivity contribution in [2.75, 3.05) is 13.7 Å². The van der Waals surface area contributed by atoms with E-state index in [2.05, 4.69) is 23.5 Å². The Hall–Kier alpha value is -1.06. The number of ether oxygens (including phenoxy) is 1. The molecule has 108 valence electrons. The van der Waals surface area contributed by atoms with E-state index in [1.165, 1.54) is 17.5 Å². The van der Waals surface area contributed by atoms with Gasteiger partial charge >= 0.3 is 0 Å². The number of hydrogen-bond acceptors (Lipinski definition) is 3. The number of rotatable bonds is 1. The van der Waals surface area contributed by atoms with Crippen LogP contribution in [0.1, 0.15) is 43.2 Å². The van der Waals surface area contributed by atoms with Crippen molar-refractivity contribution < 1.29 is 9.84 Å². The molecule has 2 fully saturated rings. The van der Waals surface area contributed by atoms with Crippen LogP contribution < -0.4 is 10.1 Å². The summed E-state index contributed by atoms with van der Waals surface area (Å²) in [7, 11) is 1.72. The summed E-state index contributed by atoms with van der Waals surface area (Å²) in [6.07, 6.45) is 6.41. The predicted molar refractivity (Wildman–Crippen MR) is 78.2 cm³/mol. The highest BCUT2D eigenvalue weighted by Gasteiger charge is 2.61. The minimum atomic E-state index is -0.567. The van der Waals surface area contributed by atoms with Crippen molar-refractivity contribution in [1.82, 2.24) is 5.32 Å². The zero-order valence-corrected chi connectivity index (χ0v) is 12.1. The lowest BCUT2D eigenvalue weighted by Crippen LogP contribution is -2.71. The molecule has 3 heteroatoms. The summed E-state index contributed by atoms with van der Waals surface area (Å²) in [6.45, 7) is 1.02. The van der Waals surface area contributed by atoms with Crippen molar-refractivity contribution in [2.24, 2.45) is 0 Å². The van der Waals surface area contributed by atoms with Crippen molar-refractivity contribution in [3.8, 4) is 5.75 Å². The molecule has 1 saturated heterocycles. The zero-order chi connectivity index (χ0) is 13.8. The Morgan fingerprint density at radius 3 is 2.95 bits per heavy atom. The maximum absolute atomic E-state index is 11.5. The van der Waals surface area contributed by atoms with E-state index >= 15 is 0 Å². The first kappa shape index (κ1) is 12.7. The molecule has 4 rings (SSSR count). The molecule has 1 heterocycles. The fraction of sp³-hybridized carbons (Fsp3) is 0.647. The molecule has 0 spiro atoms. The lowest BCUT2D eigenvalue weighted by Gasteiger charge is -2.61. The van der Waals surface area contributed by atoms with Gasteiger partial charge in [0.25, 0.3) is 0 Å². The quantitative estimate of drug-likeness (QED) is 0.824. The molecule has 3 aliphatic rings. The number of aliphatic hydroxyl groups is 1. The fourth-order valence-electron chi connectivity index (χ4n) is 5.02. The minimum Gasteiger partial charge on any atom is -0.497 e. The van der Waals surface area contributed by atoms with E-state index in [4.69, 9.17) is 4.74 Å². The molecule has 0 amide bonds. The molecular formula is C17H23NO2. The summed E-state index contributed by atoms with van der Waals surface area (Å²) in [5.41, 5.74) is 2.14. The molecular weight excluding hydrogens is 250 g/mol. The highest BCUT2D eigenvalue weighted by molar-refractivity contribution is 5.48. The van der Waals surface area contributed by atoms with Crippen LogP contribution in [-0.4, -0.2) is 30.4 Å². The second-order valence-corrected chi connectivity index (χ2v) is 6.70. The third-order valence-corrected chi connectivity index (χ3v) is 6.02. The second-order valence-electron chi connectivity index (χ2n) is 6.70. The van der Waals surface area contributed by atoms with Gasteiger partial charge in [0, 0.05) is 11.5 Å². The first-order valence-electron chi connectivity index (χ1n) is 7.83. The van der Waals surface area contributed by atoms with Crippen LogP contribution in [0.3, 0.4) is 0 Å². The van der Waals surface area contributed by atoms with Gasteiger partial charge in [0.15, 0.2) is 0 Å². The molecule has 0 aromatic heterocycles. The Morgan fingerprint density at radius 1 is 1.25 bits per heavy atom. The molecule has 1 aromatic rings. The van der Waals surface area contributed by atoms with E-state index in [9.17, 15) is 5.11 Å². The molecule has 0 radical (unpaired) electrons. The molecule has 20 heavy (non-hydrogen) atoms. The monoisotopic (exact) mass is 273 g/mol. The van der Waals surface area contributed by atoms with Crippen molar-refractivity contribution in [3.63, 3.8) is 0 Å². The van der Waals surface area contributed by atoms with E-state index in [1.54, 1.807) is 7.11 Å². The molecule has 1 saturated carbocycles. The lowest BCUT2D eigenvalue weighted by atomic mass is 9.50. The van der Waals surface area contributed by atoms with Crippen LogP contribution >= 0.6 is 0 Å². The minimum absolute atomic E-state index is 0.0523. The summed E-state index contributed by atoms with van der Waals surface area (Å²) in [5.74, 6) is 0.919. The van der Waals surface area contributed by atoms with Crippen LogP contribution in [0.2, 0.25) is 0 Å². The number of benzene rings is 1. The Balaban J connectivity index is 1.93. The number of methoxy groups -OCH3 is 1. The van der Waals surface area contributed by atoms with Crippen LogP contribution in [0.15, 0.2) is 18.2 Å². The van der Waals surface area contributed by atoms with Gasteiger partial charge in [-0.1, -0.05) is 18.9 Å². The van der Waals surface area contributed by atoms with Crippen LogP contribution in [0.25, 0.3) is 0 Å². The summed E-state index contributed by atoms with van der Waals surface area (Å²) in [5, 5.41) is 15.0. The highest BCUT2D eigenvalue weighted by atomic mass is 16.5. The van der Waals surface area contributed by atoms with E-state index < -0.39 is 5.60 Å². The summed E-state index contributed by atoms with van der Waals surface area (Å²) < 4.78 is 5.43. The van der Waals surface area contributed by atoms with E-state index in [0.29, 0.717) is 0 Å². The average molecular weight is 273 g/mol. The first-order chi connectivity index (χ1) is 9.69. The maximum atomic E-state index is 11.5. The first-order valence-corrected chi connectivity index (χ1v) is 7.83. The zero-order valence-electron chi connectivity index (χ0n) is 12.1. The van der Waals surface area contributed by atoms with E-state index in [-0.39, 0.29) is 11.5 Å². The normalized spacial score (nSPS) is 38.8. The Labute approximate surface area is 120 Å². The molecule has 3 unspecified atom stereocenters. The molecule has 3 nitrogen and oxygen atoms in total. The molecule has 2 aliphatic carbocycles. The van der Waals surface area contributed by atoms with Gasteiger partial charge in [-0.05, 0) is 55.5 Å². The largest absolute Gasteiger partial charge is 0.497 e. The summed E-state index contributed by atoms with van der Waals surface area (Å²) in [6, 6.07) is 6.66. The van der Waals surface area contributed by atoms with Crippen LogP contribution in [-0.2, 0) is 11.8 Å². The average Bonchev–Trinajstić information content (AvgIpc) is 2.46. The Bertz CT molecular complexity index is 540. The summed E-state index contributed by atoms with van der Waals surface area (Å²) in [4.78, 5) is 0. The van der Waals surface area contributed by atoms with Gasteiger partial charge in [0.1, 0.15) is 5.75 Å². The maximum Gasteiger partial charge on any atom is 0.119 e. The Morgan fingerprint density at radius 2 is 2.10 bits per heavy atom. The van der Waals surface area contributed by atoms with E-state index in [1.807, 2.05) is 0 Å². The van der Waals surface area contributed by atoms with Crippen molar-refractivity contribution in [1.29, 1.82) is 0 Å². The third kappa shape index (κ3) is 1.43. The van der Waals surface area contributed by atoms with E-state index in [0.717, 1.165) is 44.4 Å². The number of fused-ring (bicyclic) bond motifs is 1. The number of hydrogen-bond donors (Lipinski definition) is 2. The van der Waals surface area contributed by atoms with Gasteiger partial charge in [0.05, 0.1) is 12.7 Å². The van der Waals surface area contributed by atoms with Crippen molar-refractivity contribution in [3.05, 3.63) is 29.3 Å². The van der Waals surface area contributed by atoms with Gasteiger partial charge < -0.3 is 15.2 Å². The molecule has 1 aromatic carbocycles. The standard InChI is InChI=1S/C17H23NO2/c1-20-13-5-4-12-10-15-17(19)7-3-2-6-16(17,8-9-18-15)14(12)11-13/h4-5,11,15,18-19H,2-3,6-10H2,1H3. The SMILES string of the molecule is COc1ccc2c(c1)C13CCCCC1(O)C(C2)NCC3. The molecule has 1 aliphatic heterocycles. The van der Waals surface area contributed by atoms with Crippen LogP contribution in [0, 0.1) is 0 Å². The third-order valence-electron chi connectivity index (χ3n) is 6.02. The van der Waals surface area contributed by atoms with Gasteiger partial charge in [-0.25, -0.2) is 0 Å². The summed E-state index contributed by atoms with van der Waals surface area (Å²) >= 11 is 0. The van der Waals surface area contributed by atoms with Crippen LogP contribution in [0.4, 0.5) is 0 Å². The topological polar surface area (TPSA) is 41.5 Å². The smallest absolute Gasteiger partial charge is 0.119 e. The van der Waals surface area contributed by atoms with Gasteiger partial charge in [-0.15, -0.1) is 0 Å².